The Labute approximate surface area is 215 Å². The lowest BCUT2D eigenvalue weighted by molar-refractivity contribution is 0.0824. The van der Waals surface area contributed by atoms with E-state index in [-0.39, 0.29) is 23.1 Å². The number of fused-ring (bicyclic) bond motifs is 1. The number of piperazine rings is 1. The number of hydrogen-bond acceptors (Lipinski definition) is 7. The summed E-state index contributed by atoms with van der Waals surface area (Å²) in [5.74, 6) is -0.560. The fourth-order valence-electron chi connectivity index (χ4n) is 4.67. The van der Waals surface area contributed by atoms with Crippen molar-refractivity contribution in [3.8, 4) is 11.6 Å². The summed E-state index contributed by atoms with van der Waals surface area (Å²) >= 11 is 0. The van der Waals surface area contributed by atoms with Crippen molar-refractivity contribution in [3.63, 3.8) is 0 Å². The molecule has 1 aromatic carbocycles. The second-order valence-corrected chi connectivity index (χ2v) is 9.76. The van der Waals surface area contributed by atoms with Gasteiger partial charge >= 0.3 is 0 Å². The van der Waals surface area contributed by atoms with Crippen LogP contribution in [0.25, 0.3) is 10.9 Å². The largest absolute Gasteiger partial charge is 0.435 e. The number of ether oxygens (including phenoxy) is 1. The fourth-order valence-corrected chi connectivity index (χ4v) is 4.67. The number of nitrogens with zero attached hydrogens (tertiary/aromatic N) is 5. The molecule has 10 heteroatoms. The third-order valence-corrected chi connectivity index (χ3v) is 6.79. The van der Waals surface area contributed by atoms with Crippen LogP contribution in [0.5, 0.6) is 11.6 Å². The van der Waals surface area contributed by atoms with Crippen molar-refractivity contribution in [2.24, 2.45) is 0 Å². The number of halogens is 1. The lowest BCUT2D eigenvalue weighted by Crippen LogP contribution is -2.44. The number of benzene rings is 1. The Kier molecular flexibility index (Phi) is 6.84. The Morgan fingerprint density at radius 1 is 1.14 bits per heavy atom. The van der Waals surface area contributed by atoms with E-state index in [1.54, 1.807) is 26.2 Å². The number of amides is 1. The third-order valence-electron chi connectivity index (χ3n) is 6.79. The zero-order valence-electron chi connectivity index (χ0n) is 21.6. The van der Waals surface area contributed by atoms with Crippen LogP contribution in [0.3, 0.4) is 0 Å². The number of aromatic nitrogens is 3. The van der Waals surface area contributed by atoms with Gasteiger partial charge < -0.3 is 29.7 Å². The molecule has 0 radical (unpaired) electrons. The Bertz CT molecular complexity index is 1390. The summed E-state index contributed by atoms with van der Waals surface area (Å²) in [5.41, 5.74) is 3.91. The zero-order chi connectivity index (χ0) is 26.1. The number of hydrogen-bond donors (Lipinski definition) is 2. The van der Waals surface area contributed by atoms with Gasteiger partial charge in [0.15, 0.2) is 11.6 Å². The molecule has 0 atom stereocenters. The van der Waals surface area contributed by atoms with E-state index >= 15 is 4.39 Å². The summed E-state index contributed by atoms with van der Waals surface area (Å²) in [6.07, 6.45) is 7.16. The molecule has 194 valence electrons. The van der Waals surface area contributed by atoms with E-state index in [4.69, 9.17) is 4.74 Å². The van der Waals surface area contributed by atoms with Crippen LogP contribution in [0.1, 0.15) is 28.9 Å². The lowest BCUT2D eigenvalue weighted by atomic mass is 10.1. The van der Waals surface area contributed by atoms with Crippen LogP contribution in [0.4, 0.5) is 10.2 Å². The minimum Gasteiger partial charge on any atom is -0.435 e. The van der Waals surface area contributed by atoms with Gasteiger partial charge in [-0.3, -0.25) is 4.79 Å². The summed E-state index contributed by atoms with van der Waals surface area (Å²) in [4.78, 5) is 31.0. The molecule has 2 aliphatic rings. The topological polar surface area (TPSA) is 89.6 Å². The Hall–Kier alpha value is -3.92. The van der Waals surface area contributed by atoms with E-state index in [2.05, 4.69) is 43.2 Å². The Morgan fingerprint density at radius 3 is 2.62 bits per heavy atom. The van der Waals surface area contributed by atoms with Crippen LogP contribution >= 0.6 is 0 Å². The molecule has 0 unspecified atom stereocenters. The molecule has 37 heavy (non-hydrogen) atoms. The molecule has 1 aliphatic heterocycles. The van der Waals surface area contributed by atoms with Gasteiger partial charge in [-0.15, -0.1) is 0 Å². The van der Waals surface area contributed by atoms with E-state index in [0.29, 0.717) is 16.7 Å². The average Bonchev–Trinajstić information content (AvgIpc) is 3.28. The van der Waals surface area contributed by atoms with E-state index < -0.39 is 5.82 Å². The molecule has 2 N–H and O–H groups in total. The van der Waals surface area contributed by atoms with Crippen molar-refractivity contribution < 1.29 is 13.9 Å². The van der Waals surface area contributed by atoms with Gasteiger partial charge in [-0.25, -0.2) is 14.4 Å². The van der Waals surface area contributed by atoms with Gasteiger partial charge in [-0.2, -0.15) is 0 Å². The first-order valence-corrected chi connectivity index (χ1v) is 12.4. The molecule has 1 amide bonds. The SMILES string of the molecule is Cc1cc2c(F)c(Oc3ncnc(NC4=CC=C(N5CCN(C)CC5)CC4)c3C(=O)N(C)C)ccc2[nH]1. The van der Waals surface area contributed by atoms with Gasteiger partial charge in [-0.05, 0) is 57.2 Å². The molecule has 2 aromatic heterocycles. The monoisotopic (exact) mass is 505 g/mol. The number of carbonyl (C=O) groups excluding carboxylic acids is 1. The average molecular weight is 506 g/mol. The standard InChI is InChI=1S/C27H32FN7O2/c1-17-15-20-21(31-17)9-10-22(24(20)28)37-26-23(27(36)33(2)3)25(29-16-30-26)32-18-5-7-19(8-6-18)35-13-11-34(4)12-14-35/h5,7,9-10,15-16,31H,6,8,11-14H2,1-4H3,(H,29,30,32). The number of rotatable bonds is 6. The quantitative estimate of drug-likeness (QED) is 0.521. The predicted octanol–water partition coefficient (Wildman–Crippen LogP) is 4.12. The number of aromatic amines is 1. The van der Waals surface area contributed by atoms with Crippen molar-refractivity contribution in [2.45, 2.75) is 19.8 Å². The summed E-state index contributed by atoms with van der Waals surface area (Å²) in [7, 11) is 5.43. The number of likely N-dealkylation sites (N-methyl/N-ethyl adjacent to an activating group) is 1. The number of nitrogens with one attached hydrogen (secondary N) is 2. The molecule has 3 heterocycles. The zero-order valence-corrected chi connectivity index (χ0v) is 21.6. The predicted molar refractivity (Wildman–Crippen MR) is 141 cm³/mol. The Balaban J connectivity index is 1.43. The van der Waals surface area contributed by atoms with Crippen LogP contribution in [0.15, 0.2) is 48.1 Å². The number of allylic oxidation sites excluding steroid dienone is 4. The number of H-pyrrole nitrogens is 1. The van der Waals surface area contributed by atoms with E-state index in [0.717, 1.165) is 50.4 Å². The summed E-state index contributed by atoms with van der Waals surface area (Å²) in [6, 6.07) is 4.99. The number of carbonyl (C=O) groups is 1. The van der Waals surface area contributed by atoms with Crippen molar-refractivity contribution in [2.75, 3.05) is 52.6 Å². The van der Waals surface area contributed by atoms with Gasteiger partial charge in [0, 0.05) is 68.3 Å². The van der Waals surface area contributed by atoms with Gasteiger partial charge in [0.25, 0.3) is 5.91 Å². The minimum atomic E-state index is -0.519. The van der Waals surface area contributed by atoms with Gasteiger partial charge in [0.1, 0.15) is 17.7 Å². The first-order chi connectivity index (χ1) is 17.8. The van der Waals surface area contributed by atoms with Crippen molar-refractivity contribution >= 4 is 22.6 Å². The molecule has 0 bridgehead atoms. The highest BCUT2D eigenvalue weighted by molar-refractivity contribution is 6.01. The molecule has 3 aromatic rings. The number of aryl methyl sites for hydroxylation is 1. The Morgan fingerprint density at radius 2 is 1.92 bits per heavy atom. The summed E-state index contributed by atoms with van der Waals surface area (Å²) < 4.78 is 21.1. The van der Waals surface area contributed by atoms with Gasteiger partial charge in [0.2, 0.25) is 5.88 Å². The first kappa shape index (κ1) is 24.8. The second kappa shape index (κ2) is 10.2. The molecule has 9 nitrogen and oxygen atoms in total. The molecule has 5 rings (SSSR count). The molecule has 1 aliphatic carbocycles. The van der Waals surface area contributed by atoms with Crippen LogP contribution in [-0.2, 0) is 0 Å². The second-order valence-electron chi connectivity index (χ2n) is 9.76. The van der Waals surface area contributed by atoms with Crippen LogP contribution in [0.2, 0.25) is 0 Å². The van der Waals surface area contributed by atoms with E-state index in [9.17, 15) is 4.79 Å². The van der Waals surface area contributed by atoms with E-state index in [1.165, 1.54) is 23.0 Å². The van der Waals surface area contributed by atoms with Crippen LogP contribution in [0, 0.1) is 12.7 Å². The highest BCUT2D eigenvalue weighted by atomic mass is 19.1. The molecule has 0 spiro atoms. The smallest absolute Gasteiger partial charge is 0.262 e. The maximum atomic E-state index is 15.2. The first-order valence-electron chi connectivity index (χ1n) is 12.4. The van der Waals surface area contributed by atoms with Crippen molar-refractivity contribution in [1.82, 2.24) is 29.7 Å². The molecule has 1 saturated heterocycles. The fraction of sp³-hybridized carbons (Fsp3) is 0.370. The molecular weight excluding hydrogens is 473 g/mol. The maximum Gasteiger partial charge on any atom is 0.262 e. The van der Waals surface area contributed by atoms with Gasteiger partial charge in [0.05, 0.1) is 0 Å². The summed E-state index contributed by atoms with van der Waals surface area (Å²) in [5, 5.41) is 3.72. The lowest BCUT2D eigenvalue weighted by Gasteiger charge is -2.36. The molecule has 0 saturated carbocycles. The van der Waals surface area contributed by atoms with Crippen LogP contribution in [-0.4, -0.2) is 82.9 Å². The van der Waals surface area contributed by atoms with Crippen molar-refractivity contribution in [1.29, 1.82) is 0 Å². The van der Waals surface area contributed by atoms with Crippen LogP contribution < -0.4 is 10.1 Å². The maximum absolute atomic E-state index is 15.2. The molecular formula is C27H32FN7O2. The summed E-state index contributed by atoms with van der Waals surface area (Å²) in [6.45, 7) is 6.03. The minimum absolute atomic E-state index is 0.00761. The highest BCUT2D eigenvalue weighted by Gasteiger charge is 2.25. The van der Waals surface area contributed by atoms with Crippen molar-refractivity contribution in [3.05, 3.63) is 65.1 Å². The number of anilines is 1. The highest BCUT2D eigenvalue weighted by Crippen LogP contribution is 2.34. The van der Waals surface area contributed by atoms with E-state index in [1.807, 2.05) is 13.0 Å². The third kappa shape index (κ3) is 5.15. The normalized spacial score (nSPS) is 16.4. The molecule has 1 fully saturated rings. The van der Waals surface area contributed by atoms with Gasteiger partial charge in [-0.1, -0.05) is 0 Å².